The minimum Gasteiger partial charge on any atom is -0.383 e. The van der Waals surface area contributed by atoms with E-state index in [1.807, 2.05) is 13.8 Å². The molecule has 1 aromatic carbocycles. The highest BCUT2D eigenvalue weighted by Gasteiger charge is 1.96. The molecule has 0 aromatic heterocycles. The van der Waals surface area contributed by atoms with Crippen LogP contribution in [0.15, 0.2) is 66.3 Å². The van der Waals surface area contributed by atoms with Gasteiger partial charge in [-0.25, -0.2) is 0 Å². The second kappa shape index (κ2) is 17.2. The lowest BCUT2D eigenvalue weighted by molar-refractivity contribution is 0.154. The van der Waals surface area contributed by atoms with Crippen molar-refractivity contribution in [3.63, 3.8) is 0 Å². The Morgan fingerprint density at radius 1 is 1.00 bits per heavy atom. The molecular weight excluding hydrogens is 306 g/mol. The molecule has 1 aliphatic carbocycles. The van der Waals surface area contributed by atoms with Crippen molar-refractivity contribution in [1.82, 2.24) is 4.90 Å². The average Bonchev–Trinajstić information content (AvgIpc) is 2.94. The van der Waals surface area contributed by atoms with Gasteiger partial charge < -0.3 is 9.64 Å². The molecule has 2 heteroatoms. The first-order valence-corrected chi connectivity index (χ1v) is 9.57. The van der Waals surface area contributed by atoms with E-state index in [1.165, 1.54) is 11.1 Å². The van der Waals surface area contributed by atoms with Crippen LogP contribution < -0.4 is 0 Å². The Morgan fingerprint density at radius 2 is 1.68 bits per heavy atom. The van der Waals surface area contributed by atoms with E-state index in [4.69, 9.17) is 4.74 Å². The fraction of sp³-hybridized carbons (Fsp3) is 0.478. The molecule has 0 atom stereocenters. The third kappa shape index (κ3) is 12.4. The number of methoxy groups -OCH3 is 1. The Morgan fingerprint density at radius 3 is 2.28 bits per heavy atom. The van der Waals surface area contributed by atoms with Gasteiger partial charge >= 0.3 is 0 Å². The van der Waals surface area contributed by atoms with E-state index in [1.54, 1.807) is 7.11 Å². The van der Waals surface area contributed by atoms with Crippen molar-refractivity contribution < 1.29 is 4.74 Å². The predicted molar refractivity (Wildman–Crippen MR) is 112 cm³/mol. The topological polar surface area (TPSA) is 12.5 Å². The molecule has 0 saturated heterocycles. The molecule has 0 bridgehead atoms. The maximum atomic E-state index is 4.93. The monoisotopic (exact) mass is 343 g/mol. The zero-order valence-electron chi connectivity index (χ0n) is 16.9. The Balaban J connectivity index is 0.000000458. The van der Waals surface area contributed by atoms with Crippen LogP contribution in [0, 0.1) is 0 Å². The predicted octanol–water partition coefficient (Wildman–Crippen LogP) is 5.67. The van der Waals surface area contributed by atoms with Gasteiger partial charge in [-0.1, -0.05) is 88.4 Å². The van der Waals surface area contributed by atoms with Crippen LogP contribution in [-0.2, 0) is 11.2 Å². The van der Waals surface area contributed by atoms with Gasteiger partial charge in [-0.15, -0.1) is 0 Å². The molecule has 2 rings (SSSR count). The second-order valence-corrected chi connectivity index (χ2v) is 5.48. The second-order valence-electron chi connectivity index (χ2n) is 5.48. The molecule has 0 radical (unpaired) electrons. The van der Waals surface area contributed by atoms with E-state index in [-0.39, 0.29) is 0 Å². The number of benzene rings is 1. The van der Waals surface area contributed by atoms with Gasteiger partial charge in [-0.05, 0) is 37.1 Å². The van der Waals surface area contributed by atoms with Gasteiger partial charge in [-0.3, -0.25) is 0 Å². The fourth-order valence-corrected chi connectivity index (χ4v) is 2.35. The molecule has 0 saturated carbocycles. The smallest absolute Gasteiger partial charge is 0.0589 e. The molecule has 0 N–H and O–H groups in total. The van der Waals surface area contributed by atoms with Gasteiger partial charge in [-0.2, -0.15) is 0 Å². The average molecular weight is 344 g/mol. The first kappa shape index (κ1) is 23.4. The molecule has 0 amide bonds. The SMILES string of the molecule is C1=CCC=C(Cc2ccccc2)C=C1.CC.CCN(CC)CCOC. The summed E-state index contributed by atoms with van der Waals surface area (Å²) in [6.07, 6.45) is 13.0. The molecule has 25 heavy (non-hydrogen) atoms. The first-order valence-electron chi connectivity index (χ1n) is 9.57. The van der Waals surface area contributed by atoms with Gasteiger partial charge in [0.05, 0.1) is 6.61 Å². The molecule has 1 aliphatic rings. The summed E-state index contributed by atoms with van der Waals surface area (Å²) in [7, 11) is 1.74. The van der Waals surface area contributed by atoms with Gasteiger partial charge in [0.2, 0.25) is 0 Å². The van der Waals surface area contributed by atoms with Crippen LogP contribution in [0.2, 0.25) is 0 Å². The highest BCUT2D eigenvalue weighted by Crippen LogP contribution is 2.12. The number of allylic oxidation sites excluding steroid dienone is 6. The van der Waals surface area contributed by atoms with E-state index in [0.717, 1.165) is 39.1 Å². The largest absolute Gasteiger partial charge is 0.383 e. The molecule has 0 fully saturated rings. The maximum Gasteiger partial charge on any atom is 0.0589 e. The summed E-state index contributed by atoms with van der Waals surface area (Å²) in [6.45, 7) is 12.5. The molecule has 1 aromatic rings. The van der Waals surface area contributed by atoms with Crippen LogP contribution >= 0.6 is 0 Å². The number of likely N-dealkylation sites (N-methyl/N-ethyl adjacent to an activating group) is 1. The van der Waals surface area contributed by atoms with Gasteiger partial charge in [0, 0.05) is 13.7 Å². The minimum atomic E-state index is 0.849. The summed E-state index contributed by atoms with van der Waals surface area (Å²) in [5.74, 6) is 0. The van der Waals surface area contributed by atoms with Crippen LogP contribution in [0.3, 0.4) is 0 Å². The lowest BCUT2D eigenvalue weighted by atomic mass is 10.0. The summed E-state index contributed by atoms with van der Waals surface area (Å²) >= 11 is 0. The molecule has 0 unspecified atom stereocenters. The van der Waals surface area contributed by atoms with Gasteiger partial charge in [0.25, 0.3) is 0 Å². The highest BCUT2D eigenvalue weighted by atomic mass is 16.5. The lowest BCUT2D eigenvalue weighted by Crippen LogP contribution is -2.26. The number of rotatable bonds is 7. The van der Waals surface area contributed by atoms with E-state index in [2.05, 4.69) is 79.5 Å². The minimum absolute atomic E-state index is 0.849. The third-order valence-corrected chi connectivity index (χ3v) is 3.83. The van der Waals surface area contributed by atoms with Crippen LogP contribution in [0.25, 0.3) is 0 Å². The zero-order chi connectivity index (χ0) is 18.8. The molecular formula is C23H37NO. The van der Waals surface area contributed by atoms with Crippen LogP contribution in [-0.4, -0.2) is 38.3 Å². The molecule has 2 nitrogen and oxygen atoms in total. The first-order chi connectivity index (χ1) is 12.3. The molecule has 0 spiro atoms. The maximum absolute atomic E-state index is 4.93. The molecule has 0 aliphatic heterocycles. The number of ether oxygens (including phenoxy) is 1. The van der Waals surface area contributed by atoms with E-state index in [0.29, 0.717) is 0 Å². The van der Waals surface area contributed by atoms with Crippen molar-refractivity contribution in [2.24, 2.45) is 0 Å². The van der Waals surface area contributed by atoms with Crippen LogP contribution in [0.4, 0.5) is 0 Å². The van der Waals surface area contributed by atoms with E-state index < -0.39 is 0 Å². The van der Waals surface area contributed by atoms with Crippen LogP contribution in [0.1, 0.15) is 39.7 Å². The van der Waals surface area contributed by atoms with Gasteiger partial charge in [0.1, 0.15) is 0 Å². The normalized spacial score (nSPS) is 12.5. The third-order valence-electron chi connectivity index (χ3n) is 3.83. The van der Waals surface area contributed by atoms with Crippen molar-refractivity contribution in [2.75, 3.05) is 33.4 Å². The van der Waals surface area contributed by atoms with Crippen molar-refractivity contribution in [1.29, 1.82) is 0 Å². The summed E-state index contributed by atoms with van der Waals surface area (Å²) in [5, 5.41) is 0. The van der Waals surface area contributed by atoms with Gasteiger partial charge in [0.15, 0.2) is 0 Å². The quantitative estimate of drug-likeness (QED) is 0.632. The number of hydrogen-bond donors (Lipinski definition) is 0. The number of nitrogens with zero attached hydrogens (tertiary/aromatic N) is 1. The Kier molecular flexibility index (Phi) is 16.1. The van der Waals surface area contributed by atoms with Crippen molar-refractivity contribution in [3.05, 3.63) is 71.8 Å². The summed E-state index contributed by atoms with van der Waals surface area (Å²) in [4.78, 5) is 2.34. The highest BCUT2D eigenvalue weighted by molar-refractivity contribution is 5.32. The van der Waals surface area contributed by atoms with Crippen molar-refractivity contribution >= 4 is 0 Å². The Hall–Kier alpha value is -1.64. The molecule has 140 valence electrons. The van der Waals surface area contributed by atoms with E-state index in [9.17, 15) is 0 Å². The fourth-order valence-electron chi connectivity index (χ4n) is 2.35. The van der Waals surface area contributed by atoms with Crippen molar-refractivity contribution in [3.8, 4) is 0 Å². The zero-order valence-corrected chi connectivity index (χ0v) is 16.9. The van der Waals surface area contributed by atoms with E-state index >= 15 is 0 Å². The van der Waals surface area contributed by atoms with Crippen LogP contribution in [0.5, 0.6) is 0 Å². The Labute approximate surface area is 155 Å². The van der Waals surface area contributed by atoms with Crippen molar-refractivity contribution in [2.45, 2.75) is 40.5 Å². The lowest BCUT2D eigenvalue weighted by Gasteiger charge is -2.16. The standard InChI is InChI=1S/C14H14.C7H17NO.C2H6/c1-2-5-9-13(8-4-1)12-14-10-6-3-7-11-14;1-4-8(5-2)6-7-9-3;1-2/h1-4,6-11H,5,12H2;4-7H2,1-3H3;1-2H3. The summed E-state index contributed by atoms with van der Waals surface area (Å²) < 4.78 is 4.93. The summed E-state index contributed by atoms with van der Waals surface area (Å²) in [5.41, 5.74) is 2.78. The molecule has 0 heterocycles. The Bertz CT molecular complexity index is 484. The number of hydrogen-bond acceptors (Lipinski definition) is 2. The summed E-state index contributed by atoms with van der Waals surface area (Å²) in [6, 6.07) is 10.6.